The monoisotopic (exact) mass is 241 g/mol. The molecule has 0 radical (unpaired) electrons. The Hall–Kier alpha value is -1.90. The van der Waals surface area contributed by atoms with E-state index in [4.69, 9.17) is 5.73 Å². The molecule has 1 aromatic carbocycles. The Labute approximate surface area is 108 Å². The lowest BCUT2D eigenvalue weighted by Gasteiger charge is -2.06. The number of aromatic nitrogens is 2. The van der Waals surface area contributed by atoms with Gasteiger partial charge in [-0.05, 0) is 42.0 Å². The second-order valence-corrected chi connectivity index (χ2v) is 4.85. The minimum Gasteiger partial charge on any atom is -0.382 e. The normalized spacial score (nSPS) is 10.8. The van der Waals surface area contributed by atoms with Crippen molar-refractivity contribution in [1.82, 2.24) is 10.2 Å². The van der Waals surface area contributed by atoms with Crippen LogP contribution >= 0.6 is 0 Å². The molecule has 0 atom stereocenters. The number of hydrogen-bond acceptors (Lipinski definition) is 3. The van der Waals surface area contributed by atoms with Gasteiger partial charge in [-0.15, -0.1) is 5.10 Å². The van der Waals surface area contributed by atoms with Gasteiger partial charge in [-0.3, -0.25) is 0 Å². The third-order valence-electron chi connectivity index (χ3n) is 3.06. The molecule has 3 nitrogen and oxygen atoms in total. The Morgan fingerprint density at radius 3 is 2.22 bits per heavy atom. The van der Waals surface area contributed by atoms with Crippen molar-refractivity contribution in [3.05, 3.63) is 53.2 Å². The Kier molecular flexibility index (Phi) is 3.92. The van der Waals surface area contributed by atoms with E-state index in [0.29, 0.717) is 11.7 Å². The summed E-state index contributed by atoms with van der Waals surface area (Å²) in [6, 6.07) is 12.5. The molecule has 0 fully saturated rings. The molecule has 0 bridgehead atoms. The van der Waals surface area contributed by atoms with Crippen molar-refractivity contribution in [2.75, 3.05) is 5.73 Å². The summed E-state index contributed by atoms with van der Waals surface area (Å²) in [4.78, 5) is 0. The summed E-state index contributed by atoms with van der Waals surface area (Å²) in [5.41, 5.74) is 9.20. The molecule has 0 aliphatic rings. The van der Waals surface area contributed by atoms with Gasteiger partial charge in [-0.2, -0.15) is 5.10 Å². The highest BCUT2D eigenvalue weighted by molar-refractivity contribution is 5.27. The number of nitrogen functional groups attached to an aromatic ring is 1. The Morgan fingerprint density at radius 1 is 0.944 bits per heavy atom. The molecule has 1 aromatic heterocycles. The molecule has 2 N–H and O–H groups in total. The van der Waals surface area contributed by atoms with Gasteiger partial charge < -0.3 is 5.73 Å². The fraction of sp³-hybridized carbons (Fsp3) is 0.333. The smallest absolute Gasteiger partial charge is 0.146 e. The van der Waals surface area contributed by atoms with Crippen molar-refractivity contribution in [1.29, 1.82) is 0 Å². The zero-order valence-corrected chi connectivity index (χ0v) is 10.9. The zero-order valence-electron chi connectivity index (χ0n) is 10.9. The lowest BCUT2D eigenvalue weighted by molar-refractivity contribution is 0.850. The summed E-state index contributed by atoms with van der Waals surface area (Å²) in [6.45, 7) is 4.41. The summed E-state index contributed by atoms with van der Waals surface area (Å²) in [5, 5.41) is 7.92. The van der Waals surface area contributed by atoms with E-state index in [0.717, 1.165) is 18.5 Å². The molecule has 1 heterocycles. The van der Waals surface area contributed by atoms with Crippen LogP contribution in [-0.2, 0) is 12.8 Å². The van der Waals surface area contributed by atoms with E-state index in [1.165, 1.54) is 11.1 Å². The quantitative estimate of drug-likeness (QED) is 0.895. The predicted octanol–water partition coefficient (Wildman–Crippen LogP) is 2.97. The largest absolute Gasteiger partial charge is 0.382 e. The summed E-state index contributed by atoms with van der Waals surface area (Å²) < 4.78 is 0. The van der Waals surface area contributed by atoms with Crippen LogP contribution < -0.4 is 5.73 Å². The number of nitrogens with two attached hydrogens (primary N) is 1. The second kappa shape index (κ2) is 5.63. The zero-order chi connectivity index (χ0) is 13.0. The van der Waals surface area contributed by atoms with E-state index < -0.39 is 0 Å². The lowest BCUT2D eigenvalue weighted by atomic mass is 10.00. The highest BCUT2D eigenvalue weighted by Crippen LogP contribution is 2.15. The molecule has 94 valence electrons. The molecule has 0 saturated carbocycles. The van der Waals surface area contributed by atoms with E-state index in [1.807, 2.05) is 6.07 Å². The highest BCUT2D eigenvalue weighted by atomic mass is 15.1. The van der Waals surface area contributed by atoms with E-state index in [2.05, 4.69) is 48.3 Å². The topological polar surface area (TPSA) is 51.8 Å². The molecule has 2 aromatic rings. The molecule has 2 rings (SSSR count). The first kappa shape index (κ1) is 12.6. The van der Waals surface area contributed by atoms with E-state index in [9.17, 15) is 0 Å². The van der Waals surface area contributed by atoms with Gasteiger partial charge in [-0.25, -0.2) is 0 Å². The molecule has 0 amide bonds. The highest BCUT2D eigenvalue weighted by Gasteiger charge is 2.00. The van der Waals surface area contributed by atoms with Crippen LogP contribution in [0.25, 0.3) is 0 Å². The van der Waals surface area contributed by atoms with Crippen molar-refractivity contribution in [2.24, 2.45) is 0 Å². The van der Waals surface area contributed by atoms with Gasteiger partial charge in [-0.1, -0.05) is 38.1 Å². The summed E-state index contributed by atoms with van der Waals surface area (Å²) in [6.07, 6.45) is 1.88. The van der Waals surface area contributed by atoms with E-state index >= 15 is 0 Å². The first-order valence-electron chi connectivity index (χ1n) is 6.32. The van der Waals surface area contributed by atoms with Crippen LogP contribution in [0.15, 0.2) is 36.4 Å². The number of benzene rings is 1. The maximum Gasteiger partial charge on any atom is 0.146 e. The summed E-state index contributed by atoms with van der Waals surface area (Å²) in [5.74, 6) is 1.06. The number of anilines is 1. The molecule has 0 spiro atoms. The van der Waals surface area contributed by atoms with Gasteiger partial charge in [0.25, 0.3) is 0 Å². The van der Waals surface area contributed by atoms with Gasteiger partial charge in [0.15, 0.2) is 0 Å². The summed E-state index contributed by atoms with van der Waals surface area (Å²) >= 11 is 0. The molecule has 0 aliphatic carbocycles. The van der Waals surface area contributed by atoms with Gasteiger partial charge in [0.2, 0.25) is 0 Å². The maximum absolute atomic E-state index is 5.51. The Morgan fingerprint density at radius 2 is 1.67 bits per heavy atom. The lowest BCUT2D eigenvalue weighted by Crippen LogP contribution is -1.99. The van der Waals surface area contributed by atoms with Crippen LogP contribution in [0.4, 0.5) is 5.82 Å². The van der Waals surface area contributed by atoms with Crippen molar-refractivity contribution >= 4 is 5.82 Å². The average Bonchev–Trinajstić information content (AvgIpc) is 2.38. The number of hydrogen-bond donors (Lipinski definition) is 1. The van der Waals surface area contributed by atoms with Crippen molar-refractivity contribution < 1.29 is 0 Å². The van der Waals surface area contributed by atoms with Crippen LogP contribution in [0.2, 0.25) is 0 Å². The Bertz CT molecular complexity index is 486. The van der Waals surface area contributed by atoms with Crippen molar-refractivity contribution in [3.63, 3.8) is 0 Å². The standard InChI is InChI=1S/C15H19N3/c1-11(2)13-6-3-12(4-7-13)5-8-14-9-10-15(16)18-17-14/h3-4,6-7,9-11H,5,8H2,1-2H3,(H2,16,18). The molecule has 0 saturated heterocycles. The van der Waals surface area contributed by atoms with Gasteiger partial charge in [0.05, 0.1) is 5.69 Å². The number of rotatable bonds is 4. The van der Waals surface area contributed by atoms with Crippen LogP contribution in [-0.4, -0.2) is 10.2 Å². The third kappa shape index (κ3) is 3.29. The van der Waals surface area contributed by atoms with Gasteiger partial charge in [0, 0.05) is 0 Å². The maximum atomic E-state index is 5.51. The molecule has 18 heavy (non-hydrogen) atoms. The predicted molar refractivity (Wildman–Crippen MR) is 74.4 cm³/mol. The first-order valence-corrected chi connectivity index (χ1v) is 6.32. The first-order chi connectivity index (χ1) is 8.65. The fourth-order valence-corrected chi connectivity index (χ4v) is 1.85. The summed E-state index contributed by atoms with van der Waals surface area (Å²) in [7, 11) is 0. The fourth-order valence-electron chi connectivity index (χ4n) is 1.85. The molecule has 0 aliphatic heterocycles. The van der Waals surface area contributed by atoms with Crippen molar-refractivity contribution in [2.45, 2.75) is 32.6 Å². The van der Waals surface area contributed by atoms with Crippen molar-refractivity contribution in [3.8, 4) is 0 Å². The van der Waals surface area contributed by atoms with E-state index in [1.54, 1.807) is 6.07 Å². The molecule has 0 unspecified atom stereocenters. The molecule has 3 heteroatoms. The third-order valence-corrected chi connectivity index (χ3v) is 3.06. The minimum absolute atomic E-state index is 0.472. The van der Waals surface area contributed by atoms with E-state index in [-0.39, 0.29) is 0 Å². The molecular weight excluding hydrogens is 222 g/mol. The second-order valence-electron chi connectivity index (χ2n) is 4.85. The average molecular weight is 241 g/mol. The number of aryl methyl sites for hydroxylation is 2. The van der Waals surface area contributed by atoms with Gasteiger partial charge >= 0.3 is 0 Å². The van der Waals surface area contributed by atoms with Crippen LogP contribution in [0.5, 0.6) is 0 Å². The SMILES string of the molecule is CC(C)c1ccc(CCc2ccc(N)nn2)cc1. The van der Waals surface area contributed by atoms with Crippen LogP contribution in [0, 0.1) is 0 Å². The minimum atomic E-state index is 0.472. The van der Waals surface area contributed by atoms with Crippen LogP contribution in [0.3, 0.4) is 0 Å². The van der Waals surface area contributed by atoms with Gasteiger partial charge in [0.1, 0.15) is 5.82 Å². The Balaban J connectivity index is 1.95. The molecular formula is C15H19N3. The van der Waals surface area contributed by atoms with Crippen LogP contribution in [0.1, 0.15) is 36.6 Å². The number of nitrogens with zero attached hydrogens (tertiary/aromatic N) is 2.